The van der Waals surface area contributed by atoms with E-state index in [-0.39, 0.29) is 0 Å². The van der Waals surface area contributed by atoms with Crippen LogP contribution in [0.3, 0.4) is 0 Å². The highest BCUT2D eigenvalue weighted by molar-refractivity contribution is 5.88. The molecule has 2 N–H and O–H groups in total. The molecule has 3 rings (SSSR count). The number of para-hydroxylation sites is 1. The molecule has 2 heterocycles. The second-order valence-electron chi connectivity index (χ2n) is 3.88. The van der Waals surface area contributed by atoms with Crippen LogP contribution in [0.4, 0.5) is 11.4 Å². The fraction of sp³-hybridized carbons (Fsp3) is 0.273. The molecular formula is C11H13N5. The molecule has 0 fully saturated rings. The monoisotopic (exact) mass is 218 g/mol. The smallest absolute Gasteiger partial charge is 0.120 e. The molecule has 0 atom stereocenters. The van der Waals surface area contributed by atoms with E-state index in [2.05, 4.69) is 10.2 Å². The normalized spacial score (nSPS) is 17.1. The zero-order valence-electron chi connectivity index (χ0n) is 11.8. The van der Waals surface area contributed by atoms with Gasteiger partial charge in [0.1, 0.15) is 11.4 Å². The van der Waals surface area contributed by atoms with E-state index in [0.717, 1.165) is 16.0 Å². The van der Waals surface area contributed by atoms with Gasteiger partial charge in [0.15, 0.2) is 0 Å². The van der Waals surface area contributed by atoms with Crippen LogP contribution < -0.4 is 10.6 Å². The third kappa shape index (κ3) is 1.11. The highest BCUT2D eigenvalue weighted by Crippen LogP contribution is 2.39. The van der Waals surface area contributed by atoms with Gasteiger partial charge in [-0.05, 0) is 6.07 Å². The van der Waals surface area contributed by atoms with Crippen molar-refractivity contribution in [3.05, 3.63) is 23.9 Å². The maximum absolute atomic E-state index is 7.36. The number of nitrogen functional groups attached to an aromatic ring is 1. The Morgan fingerprint density at radius 2 is 2.31 bits per heavy atom. The average Bonchev–Trinajstić information content (AvgIpc) is 2.72. The molecule has 0 radical (unpaired) electrons. The Hall–Kier alpha value is -2.04. The maximum Gasteiger partial charge on any atom is 0.120 e. The van der Waals surface area contributed by atoms with Gasteiger partial charge in [0.2, 0.25) is 0 Å². The molecule has 0 bridgehead atoms. The third-order valence-electron chi connectivity index (χ3n) is 2.77. The maximum atomic E-state index is 7.36. The van der Waals surface area contributed by atoms with Gasteiger partial charge in [-0.2, -0.15) is 15.0 Å². The summed E-state index contributed by atoms with van der Waals surface area (Å²) in [6.45, 7) is -1.87. The van der Waals surface area contributed by atoms with Crippen LogP contribution in [0.5, 0.6) is 0 Å². The number of aromatic nitrogens is 3. The summed E-state index contributed by atoms with van der Waals surface area (Å²) >= 11 is 0. The Balaban J connectivity index is 2.22. The number of hydrogen-bond donors (Lipinski definition) is 1. The van der Waals surface area contributed by atoms with Crippen LogP contribution in [0, 0.1) is 0 Å². The number of nitrogens with zero attached hydrogens (tertiary/aromatic N) is 4. The third-order valence-corrected chi connectivity index (χ3v) is 2.77. The van der Waals surface area contributed by atoms with Gasteiger partial charge in [-0.25, -0.2) is 0 Å². The lowest BCUT2D eigenvalue weighted by molar-refractivity contribution is 0.645. The molecule has 1 aromatic carbocycles. The number of hydrogen-bond acceptors (Lipinski definition) is 4. The van der Waals surface area contributed by atoms with E-state index in [9.17, 15) is 0 Å². The van der Waals surface area contributed by atoms with E-state index in [1.54, 1.807) is 0 Å². The molecule has 0 spiro atoms. The van der Waals surface area contributed by atoms with Crippen LogP contribution in [-0.4, -0.2) is 22.0 Å². The van der Waals surface area contributed by atoms with Crippen molar-refractivity contribution in [1.82, 2.24) is 15.0 Å². The highest BCUT2D eigenvalue weighted by atomic mass is 15.5. The summed E-state index contributed by atoms with van der Waals surface area (Å²) in [5.41, 5.74) is 9.55. The van der Waals surface area contributed by atoms with Crippen LogP contribution in [0.2, 0.25) is 0 Å². The van der Waals surface area contributed by atoms with Gasteiger partial charge >= 0.3 is 0 Å². The topological polar surface area (TPSA) is 60.0 Å². The standard InChI is InChI=1S/C11H13N5/c1-15-6-9-10(14-16(2)13-9)7-4-3-5-8(12)11(7)15/h3-5H,6,12H2,1-2H3/i2D3. The minimum Gasteiger partial charge on any atom is -0.397 e. The van der Waals surface area contributed by atoms with Gasteiger partial charge in [-0.3, -0.25) is 0 Å². The van der Waals surface area contributed by atoms with Crippen LogP contribution in [0.15, 0.2) is 18.2 Å². The predicted octanol–water partition coefficient (Wildman–Crippen LogP) is 1.01. The number of nitrogens with two attached hydrogens (primary N) is 1. The molecule has 0 saturated heterocycles. The van der Waals surface area contributed by atoms with E-state index in [0.29, 0.717) is 23.6 Å². The number of anilines is 2. The van der Waals surface area contributed by atoms with E-state index in [1.807, 2.05) is 30.1 Å². The number of benzene rings is 1. The van der Waals surface area contributed by atoms with Crippen LogP contribution in [-0.2, 0) is 13.5 Å². The Kier molecular flexibility index (Phi) is 1.21. The minimum absolute atomic E-state index is 0.493. The molecule has 5 nitrogen and oxygen atoms in total. The van der Waals surface area contributed by atoms with Crippen molar-refractivity contribution in [2.75, 3.05) is 17.7 Å². The van der Waals surface area contributed by atoms with Crippen molar-refractivity contribution < 1.29 is 4.11 Å². The van der Waals surface area contributed by atoms with Crippen molar-refractivity contribution in [3.63, 3.8) is 0 Å². The molecule has 0 unspecified atom stereocenters. The fourth-order valence-electron chi connectivity index (χ4n) is 2.13. The van der Waals surface area contributed by atoms with Gasteiger partial charge < -0.3 is 10.6 Å². The zero-order valence-corrected chi connectivity index (χ0v) is 8.81. The Bertz CT molecular complexity index is 646. The molecule has 5 heteroatoms. The van der Waals surface area contributed by atoms with Gasteiger partial charge in [-0.1, -0.05) is 12.1 Å². The molecule has 0 saturated carbocycles. The van der Waals surface area contributed by atoms with Gasteiger partial charge in [-0.15, -0.1) is 0 Å². The van der Waals surface area contributed by atoms with Crippen LogP contribution in [0.25, 0.3) is 11.3 Å². The zero-order chi connectivity index (χ0) is 13.8. The molecule has 82 valence electrons. The molecule has 1 aromatic heterocycles. The van der Waals surface area contributed by atoms with Crippen molar-refractivity contribution >= 4 is 11.4 Å². The lowest BCUT2D eigenvalue weighted by atomic mass is 10.0. The van der Waals surface area contributed by atoms with Crippen molar-refractivity contribution in [2.24, 2.45) is 6.98 Å². The second-order valence-corrected chi connectivity index (χ2v) is 3.88. The van der Waals surface area contributed by atoms with E-state index >= 15 is 0 Å². The van der Waals surface area contributed by atoms with Gasteiger partial charge in [0.25, 0.3) is 0 Å². The molecule has 16 heavy (non-hydrogen) atoms. The summed E-state index contributed by atoms with van der Waals surface area (Å²) in [5.74, 6) is 0. The lowest BCUT2D eigenvalue weighted by Crippen LogP contribution is -2.22. The first-order valence-electron chi connectivity index (χ1n) is 6.44. The van der Waals surface area contributed by atoms with Crippen molar-refractivity contribution in [2.45, 2.75) is 6.54 Å². The number of fused-ring (bicyclic) bond motifs is 3. The predicted molar refractivity (Wildman–Crippen MR) is 63.0 cm³/mol. The first-order chi connectivity index (χ1) is 8.88. The lowest BCUT2D eigenvalue weighted by Gasteiger charge is -2.27. The summed E-state index contributed by atoms with van der Waals surface area (Å²) in [4.78, 5) is 2.75. The Morgan fingerprint density at radius 1 is 1.44 bits per heavy atom. The average molecular weight is 218 g/mol. The van der Waals surface area contributed by atoms with E-state index in [1.165, 1.54) is 0 Å². The first kappa shape index (κ1) is 6.52. The quantitative estimate of drug-likeness (QED) is 0.670. The summed E-state index contributed by atoms with van der Waals surface area (Å²) in [6, 6.07) is 5.51. The second kappa shape index (κ2) is 2.98. The fourth-order valence-corrected chi connectivity index (χ4v) is 2.13. The van der Waals surface area contributed by atoms with Crippen molar-refractivity contribution in [1.29, 1.82) is 0 Å². The van der Waals surface area contributed by atoms with E-state index in [4.69, 9.17) is 9.85 Å². The molecule has 1 aliphatic heterocycles. The van der Waals surface area contributed by atoms with Gasteiger partial charge in [0, 0.05) is 23.7 Å². The Labute approximate surface area is 97.7 Å². The number of rotatable bonds is 0. The molecule has 2 aromatic rings. The Morgan fingerprint density at radius 3 is 3.12 bits per heavy atom. The summed E-state index contributed by atoms with van der Waals surface area (Å²) in [5, 5.41) is 8.16. The largest absolute Gasteiger partial charge is 0.397 e. The molecule has 0 amide bonds. The van der Waals surface area contributed by atoms with Crippen LogP contribution in [0.1, 0.15) is 9.81 Å². The van der Waals surface area contributed by atoms with Crippen molar-refractivity contribution in [3.8, 4) is 11.3 Å². The van der Waals surface area contributed by atoms with Gasteiger partial charge in [0.05, 0.1) is 17.9 Å². The molecule has 1 aliphatic rings. The number of aryl methyl sites for hydroxylation is 1. The highest BCUT2D eigenvalue weighted by Gasteiger charge is 2.25. The minimum atomic E-state index is -2.36. The summed E-state index contributed by atoms with van der Waals surface area (Å²) in [6.07, 6.45) is 0. The molecule has 0 aliphatic carbocycles. The summed E-state index contributed by atoms with van der Waals surface area (Å²) < 4.78 is 22.1. The summed E-state index contributed by atoms with van der Waals surface area (Å²) in [7, 11) is 1.90. The van der Waals surface area contributed by atoms with E-state index < -0.39 is 6.98 Å². The first-order valence-corrected chi connectivity index (χ1v) is 4.94. The SMILES string of the molecule is [2H]C([2H])([2H])n1nc2c(n1)-c1cccc(N)c1N(C)C2. The van der Waals surface area contributed by atoms with Crippen LogP contribution >= 0.6 is 0 Å². The molecular weight excluding hydrogens is 202 g/mol.